The molecule has 1 N–H and O–H groups in total. The number of carbonyl (C=O) groups is 1. The van der Waals surface area contributed by atoms with Gasteiger partial charge in [-0.3, -0.25) is 14.2 Å². The Morgan fingerprint density at radius 2 is 1.85 bits per heavy atom. The Morgan fingerprint density at radius 3 is 2.53 bits per heavy atom. The highest BCUT2D eigenvalue weighted by atomic mass is 35.5. The van der Waals surface area contributed by atoms with Crippen LogP contribution >= 0.6 is 11.6 Å². The molecule has 0 aliphatic carbocycles. The normalized spacial score (nSPS) is 11.2. The number of nitrogens with one attached hydrogen (secondary N) is 1. The summed E-state index contributed by atoms with van der Waals surface area (Å²) < 4.78 is 30.3. The number of fused-ring (bicyclic) bond motifs is 1. The number of aryl methyl sites for hydroxylation is 3. The first-order valence-electron chi connectivity index (χ1n) is 10.8. The van der Waals surface area contributed by atoms with E-state index < -0.39 is 11.6 Å². The van der Waals surface area contributed by atoms with Crippen molar-refractivity contribution in [2.45, 2.75) is 40.2 Å². The third kappa shape index (κ3) is 4.33. The molecule has 1 amide bonds. The Morgan fingerprint density at radius 1 is 1.12 bits per heavy atom. The number of halogens is 3. The highest BCUT2D eigenvalue weighted by molar-refractivity contribution is 6.33. The third-order valence-electron chi connectivity index (χ3n) is 5.80. The monoisotopic (exact) mass is 484 g/mol. The van der Waals surface area contributed by atoms with Gasteiger partial charge in [-0.05, 0) is 69.2 Å². The van der Waals surface area contributed by atoms with Crippen LogP contribution in [0.2, 0.25) is 5.02 Å². The van der Waals surface area contributed by atoms with E-state index in [0.29, 0.717) is 34.8 Å². The third-order valence-corrected chi connectivity index (χ3v) is 6.11. The van der Waals surface area contributed by atoms with Gasteiger partial charge in [-0.15, -0.1) is 0 Å². The molecule has 4 rings (SSSR count). The maximum Gasteiger partial charge on any atom is 0.255 e. The van der Waals surface area contributed by atoms with E-state index in [4.69, 9.17) is 11.6 Å². The molecule has 0 fully saturated rings. The van der Waals surface area contributed by atoms with Crippen molar-refractivity contribution in [3.05, 3.63) is 86.3 Å². The van der Waals surface area contributed by atoms with Gasteiger partial charge < -0.3 is 5.32 Å². The molecule has 0 unspecified atom stereocenters. The van der Waals surface area contributed by atoms with E-state index in [1.54, 1.807) is 21.4 Å². The summed E-state index contributed by atoms with van der Waals surface area (Å²) in [6.07, 6.45) is 0.242. The van der Waals surface area contributed by atoms with Crippen molar-refractivity contribution in [2.75, 3.05) is 5.32 Å². The van der Waals surface area contributed by atoms with Crippen molar-refractivity contribution >= 4 is 34.2 Å². The number of amides is 1. The minimum absolute atomic E-state index is 0.0378. The predicted molar refractivity (Wildman–Crippen MR) is 129 cm³/mol. The molecular formula is C25H23ClF2N4O2. The van der Waals surface area contributed by atoms with Crippen LogP contribution in [0.5, 0.6) is 0 Å². The van der Waals surface area contributed by atoms with Crippen molar-refractivity contribution in [2.24, 2.45) is 0 Å². The predicted octanol–water partition coefficient (Wildman–Crippen LogP) is 5.33. The lowest BCUT2D eigenvalue weighted by Crippen LogP contribution is -2.27. The van der Waals surface area contributed by atoms with Gasteiger partial charge in [0.15, 0.2) is 0 Å². The molecule has 0 saturated carbocycles. The number of anilines is 1. The Balaban J connectivity index is 1.71. The van der Waals surface area contributed by atoms with Crippen LogP contribution in [-0.2, 0) is 17.8 Å². The SMILES string of the molecule is CCn1c(=O)c(CCC(=O)Nc2ccc(F)cc2Cl)c(C)c2c(C)nn(-c3cccc(F)c3)c21. The number of hydrogen-bond donors (Lipinski definition) is 1. The van der Waals surface area contributed by atoms with Gasteiger partial charge in [0, 0.05) is 23.9 Å². The molecule has 2 aromatic heterocycles. The number of benzene rings is 2. The van der Waals surface area contributed by atoms with E-state index in [0.717, 1.165) is 17.0 Å². The molecule has 0 bridgehead atoms. The summed E-state index contributed by atoms with van der Waals surface area (Å²) in [5.74, 6) is -1.24. The number of nitrogens with zero attached hydrogens (tertiary/aromatic N) is 3. The summed E-state index contributed by atoms with van der Waals surface area (Å²) in [5, 5.41) is 8.13. The zero-order chi connectivity index (χ0) is 24.6. The van der Waals surface area contributed by atoms with Gasteiger partial charge in [-0.25, -0.2) is 13.5 Å². The van der Waals surface area contributed by atoms with Gasteiger partial charge in [0.05, 0.1) is 22.1 Å². The smallest absolute Gasteiger partial charge is 0.255 e. The summed E-state index contributed by atoms with van der Waals surface area (Å²) in [7, 11) is 0. The number of carbonyl (C=O) groups excluding carboxylic acids is 1. The molecule has 0 aliphatic rings. The summed E-state index contributed by atoms with van der Waals surface area (Å²) in [4.78, 5) is 25.9. The molecule has 4 aromatic rings. The fraction of sp³-hybridized carbons (Fsp3) is 0.240. The molecule has 0 saturated heterocycles. The lowest BCUT2D eigenvalue weighted by Gasteiger charge is -2.14. The van der Waals surface area contributed by atoms with Crippen molar-refractivity contribution in [1.82, 2.24) is 14.3 Å². The molecular weight excluding hydrogens is 462 g/mol. The van der Waals surface area contributed by atoms with Gasteiger partial charge in [0.25, 0.3) is 5.56 Å². The van der Waals surface area contributed by atoms with Gasteiger partial charge in [-0.2, -0.15) is 5.10 Å². The van der Waals surface area contributed by atoms with E-state index >= 15 is 0 Å². The number of hydrogen-bond acceptors (Lipinski definition) is 3. The van der Waals surface area contributed by atoms with E-state index in [2.05, 4.69) is 10.4 Å². The molecule has 6 nitrogen and oxygen atoms in total. The molecule has 0 spiro atoms. The maximum absolute atomic E-state index is 13.9. The summed E-state index contributed by atoms with van der Waals surface area (Å²) in [6, 6.07) is 9.75. The van der Waals surface area contributed by atoms with Crippen LogP contribution in [-0.4, -0.2) is 20.3 Å². The molecule has 176 valence electrons. The zero-order valence-corrected chi connectivity index (χ0v) is 19.7. The van der Waals surface area contributed by atoms with Crippen LogP contribution in [0.1, 0.15) is 30.2 Å². The molecule has 34 heavy (non-hydrogen) atoms. The van der Waals surface area contributed by atoms with E-state index in [9.17, 15) is 18.4 Å². The first-order valence-corrected chi connectivity index (χ1v) is 11.2. The van der Waals surface area contributed by atoms with E-state index in [1.807, 2.05) is 20.8 Å². The van der Waals surface area contributed by atoms with Crippen molar-refractivity contribution in [3.8, 4) is 5.69 Å². The fourth-order valence-electron chi connectivity index (χ4n) is 4.19. The van der Waals surface area contributed by atoms with Gasteiger partial charge in [-0.1, -0.05) is 17.7 Å². The lowest BCUT2D eigenvalue weighted by molar-refractivity contribution is -0.116. The topological polar surface area (TPSA) is 68.9 Å². The highest BCUT2D eigenvalue weighted by Crippen LogP contribution is 2.27. The Kier molecular flexibility index (Phi) is 6.52. The standard InChI is InChI=1S/C25H23ClF2N4O2/c1-4-31-24-23(15(3)30-32(24)18-7-5-6-16(27)12-18)14(2)19(25(31)34)9-11-22(33)29-21-10-8-17(28)13-20(21)26/h5-8,10,12-13H,4,9,11H2,1-3H3,(H,29,33). The largest absolute Gasteiger partial charge is 0.325 e. The minimum atomic E-state index is -0.499. The fourth-order valence-corrected chi connectivity index (χ4v) is 4.41. The molecule has 2 heterocycles. The van der Waals surface area contributed by atoms with Crippen molar-refractivity contribution in [3.63, 3.8) is 0 Å². The molecule has 0 radical (unpaired) electrons. The van der Waals surface area contributed by atoms with Crippen LogP contribution in [0, 0.1) is 25.5 Å². The molecule has 0 atom stereocenters. The Hall–Kier alpha value is -3.52. The minimum Gasteiger partial charge on any atom is -0.325 e. The van der Waals surface area contributed by atoms with E-state index in [1.165, 1.54) is 24.3 Å². The molecule has 2 aromatic carbocycles. The second-order valence-electron chi connectivity index (χ2n) is 8.00. The zero-order valence-electron chi connectivity index (χ0n) is 19.0. The highest BCUT2D eigenvalue weighted by Gasteiger charge is 2.21. The van der Waals surface area contributed by atoms with Crippen molar-refractivity contribution < 1.29 is 13.6 Å². The van der Waals surface area contributed by atoms with Crippen LogP contribution in [0.4, 0.5) is 14.5 Å². The first-order chi connectivity index (χ1) is 16.2. The van der Waals surface area contributed by atoms with Crippen LogP contribution in [0.25, 0.3) is 16.7 Å². The Bertz CT molecular complexity index is 1480. The van der Waals surface area contributed by atoms with Crippen molar-refractivity contribution in [1.29, 1.82) is 0 Å². The second kappa shape index (κ2) is 9.38. The first kappa shape index (κ1) is 23.6. The molecule has 0 aliphatic heterocycles. The molecule has 9 heteroatoms. The van der Waals surface area contributed by atoms with Gasteiger partial charge >= 0.3 is 0 Å². The van der Waals surface area contributed by atoms with Crippen LogP contribution in [0.15, 0.2) is 47.3 Å². The summed E-state index contributed by atoms with van der Waals surface area (Å²) >= 11 is 5.99. The Labute approximate surface area is 199 Å². The van der Waals surface area contributed by atoms with Crippen LogP contribution in [0.3, 0.4) is 0 Å². The average molecular weight is 485 g/mol. The number of rotatable bonds is 6. The number of pyridine rings is 1. The van der Waals surface area contributed by atoms with Gasteiger partial charge in [0.2, 0.25) is 5.91 Å². The summed E-state index contributed by atoms with van der Waals surface area (Å²) in [5.41, 5.74) is 3.12. The van der Waals surface area contributed by atoms with E-state index in [-0.39, 0.29) is 29.3 Å². The lowest BCUT2D eigenvalue weighted by atomic mass is 10.0. The average Bonchev–Trinajstić information content (AvgIpc) is 3.13. The second-order valence-corrected chi connectivity index (χ2v) is 8.41. The summed E-state index contributed by atoms with van der Waals surface area (Å²) in [6.45, 7) is 5.89. The maximum atomic E-state index is 13.9. The van der Waals surface area contributed by atoms with Crippen LogP contribution < -0.4 is 10.9 Å². The quantitative estimate of drug-likeness (QED) is 0.402. The number of aromatic nitrogens is 3. The van der Waals surface area contributed by atoms with Gasteiger partial charge in [0.1, 0.15) is 17.3 Å².